The molecule has 4 nitrogen and oxygen atoms in total. The molecule has 0 atom stereocenters. The van der Waals surface area contributed by atoms with Gasteiger partial charge in [0.2, 0.25) is 0 Å². The van der Waals surface area contributed by atoms with Crippen LogP contribution >= 0.6 is 0 Å². The molecule has 92 valence electrons. The number of aliphatic imine (C=N–C) groups is 1. The zero-order chi connectivity index (χ0) is 12.1. The van der Waals surface area contributed by atoms with E-state index in [4.69, 9.17) is 10.5 Å². The van der Waals surface area contributed by atoms with E-state index < -0.39 is 0 Å². The second kappa shape index (κ2) is 5.63. The summed E-state index contributed by atoms with van der Waals surface area (Å²) in [4.78, 5) is 6.15. The van der Waals surface area contributed by atoms with Gasteiger partial charge in [0.15, 0.2) is 5.96 Å². The van der Waals surface area contributed by atoms with Crippen LogP contribution in [0, 0.1) is 5.82 Å². The lowest BCUT2D eigenvalue weighted by atomic mass is 10.2. The lowest BCUT2D eigenvalue weighted by Crippen LogP contribution is -2.44. The van der Waals surface area contributed by atoms with Crippen LogP contribution in [0.15, 0.2) is 29.3 Å². The first kappa shape index (κ1) is 11.9. The Labute approximate surface area is 99.9 Å². The Kier molecular flexibility index (Phi) is 3.93. The summed E-state index contributed by atoms with van der Waals surface area (Å²) in [5.74, 6) is 0.211. The van der Waals surface area contributed by atoms with E-state index in [9.17, 15) is 4.39 Å². The average molecular weight is 237 g/mol. The fourth-order valence-electron chi connectivity index (χ4n) is 1.69. The molecule has 0 bridgehead atoms. The van der Waals surface area contributed by atoms with Gasteiger partial charge in [0, 0.05) is 18.7 Å². The smallest absolute Gasteiger partial charge is 0.191 e. The molecule has 0 unspecified atom stereocenters. The highest BCUT2D eigenvalue weighted by atomic mass is 19.1. The van der Waals surface area contributed by atoms with Crippen LogP contribution in [0.2, 0.25) is 0 Å². The molecule has 1 heterocycles. The van der Waals surface area contributed by atoms with E-state index in [1.165, 1.54) is 6.07 Å². The van der Waals surface area contributed by atoms with Crippen LogP contribution in [0.1, 0.15) is 5.56 Å². The third kappa shape index (κ3) is 3.17. The number of morpholine rings is 1. The van der Waals surface area contributed by atoms with Gasteiger partial charge in [0.25, 0.3) is 0 Å². The lowest BCUT2D eigenvalue weighted by molar-refractivity contribution is 0.0674. The van der Waals surface area contributed by atoms with Crippen molar-refractivity contribution in [2.45, 2.75) is 6.54 Å². The van der Waals surface area contributed by atoms with Gasteiger partial charge in [-0.15, -0.1) is 0 Å². The van der Waals surface area contributed by atoms with Crippen molar-refractivity contribution in [1.29, 1.82) is 0 Å². The van der Waals surface area contributed by atoms with Gasteiger partial charge in [-0.3, -0.25) is 0 Å². The Hall–Kier alpha value is -1.62. The number of nitrogens with two attached hydrogens (primary N) is 1. The molecule has 1 saturated heterocycles. The number of rotatable bonds is 2. The topological polar surface area (TPSA) is 50.8 Å². The molecule has 0 saturated carbocycles. The third-order valence-electron chi connectivity index (χ3n) is 2.70. The summed E-state index contributed by atoms with van der Waals surface area (Å²) in [6.07, 6.45) is 0. The first-order chi connectivity index (χ1) is 8.27. The molecule has 2 N–H and O–H groups in total. The van der Waals surface area contributed by atoms with Gasteiger partial charge in [0.1, 0.15) is 5.82 Å². The standard InChI is InChI=1S/C12H16FN3O/c13-11-4-2-1-3-10(11)9-15-12(14)16-5-7-17-8-6-16/h1-4H,5-9H2,(H2,14,15). The number of hydrogen-bond donors (Lipinski definition) is 1. The SMILES string of the molecule is NC(=NCc1ccccc1F)N1CCOCC1. The largest absolute Gasteiger partial charge is 0.378 e. The third-order valence-corrected chi connectivity index (χ3v) is 2.70. The number of guanidine groups is 1. The van der Waals surface area contributed by atoms with Crippen molar-refractivity contribution in [3.63, 3.8) is 0 Å². The average Bonchev–Trinajstić information content (AvgIpc) is 2.38. The maximum atomic E-state index is 13.3. The van der Waals surface area contributed by atoms with Crippen LogP contribution in [0.3, 0.4) is 0 Å². The normalized spacial score (nSPS) is 17.2. The van der Waals surface area contributed by atoms with Crippen molar-refractivity contribution in [2.75, 3.05) is 26.3 Å². The zero-order valence-electron chi connectivity index (χ0n) is 9.60. The summed E-state index contributed by atoms with van der Waals surface area (Å²) < 4.78 is 18.6. The number of hydrogen-bond acceptors (Lipinski definition) is 2. The van der Waals surface area contributed by atoms with E-state index in [1.54, 1.807) is 18.2 Å². The van der Waals surface area contributed by atoms with Gasteiger partial charge in [-0.25, -0.2) is 9.38 Å². The van der Waals surface area contributed by atoms with Gasteiger partial charge >= 0.3 is 0 Å². The van der Waals surface area contributed by atoms with E-state index in [0.717, 1.165) is 13.1 Å². The highest BCUT2D eigenvalue weighted by Gasteiger charge is 2.12. The summed E-state index contributed by atoms with van der Waals surface area (Å²) in [6, 6.07) is 6.59. The number of halogens is 1. The Morgan fingerprint density at radius 1 is 1.35 bits per heavy atom. The second-order valence-corrected chi connectivity index (χ2v) is 3.87. The Bertz CT molecular complexity index is 402. The fraction of sp³-hybridized carbons (Fsp3) is 0.417. The van der Waals surface area contributed by atoms with E-state index in [-0.39, 0.29) is 12.4 Å². The minimum atomic E-state index is -0.244. The van der Waals surface area contributed by atoms with Crippen molar-refractivity contribution in [1.82, 2.24) is 4.90 Å². The molecule has 0 spiro atoms. The minimum absolute atomic E-state index is 0.244. The first-order valence-corrected chi connectivity index (χ1v) is 5.63. The number of ether oxygens (including phenoxy) is 1. The van der Waals surface area contributed by atoms with Crippen molar-refractivity contribution in [3.8, 4) is 0 Å². The van der Waals surface area contributed by atoms with Crippen LogP contribution in [0.5, 0.6) is 0 Å². The van der Waals surface area contributed by atoms with E-state index in [1.807, 2.05) is 4.90 Å². The fourth-order valence-corrected chi connectivity index (χ4v) is 1.69. The Morgan fingerprint density at radius 3 is 2.76 bits per heavy atom. The van der Waals surface area contributed by atoms with Crippen LogP contribution in [-0.4, -0.2) is 37.2 Å². The zero-order valence-corrected chi connectivity index (χ0v) is 9.60. The highest BCUT2D eigenvalue weighted by Crippen LogP contribution is 2.07. The van der Waals surface area contributed by atoms with Crippen LogP contribution < -0.4 is 5.73 Å². The van der Waals surface area contributed by atoms with Crippen LogP contribution in [0.25, 0.3) is 0 Å². The molecular weight excluding hydrogens is 221 g/mol. The molecule has 1 aromatic rings. The van der Waals surface area contributed by atoms with Gasteiger partial charge in [0.05, 0.1) is 19.8 Å². The van der Waals surface area contributed by atoms with E-state index in [2.05, 4.69) is 4.99 Å². The quantitative estimate of drug-likeness (QED) is 0.616. The molecule has 1 aliphatic heterocycles. The van der Waals surface area contributed by atoms with E-state index >= 15 is 0 Å². The molecule has 1 fully saturated rings. The van der Waals surface area contributed by atoms with Crippen molar-refractivity contribution < 1.29 is 9.13 Å². The minimum Gasteiger partial charge on any atom is -0.378 e. The molecule has 0 aliphatic carbocycles. The van der Waals surface area contributed by atoms with Crippen molar-refractivity contribution in [3.05, 3.63) is 35.6 Å². The molecular formula is C12H16FN3O. The van der Waals surface area contributed by atoms with Gasteiger partial charge in [-0.2, -0.15) is 0 Å². The molecule has 17 heavy (non-hydrogen) atoms. The molecule has 0 radical (unpaired) electrons. The summed E-state index contributed by atoms with van der Waals surface area (Å²) in [5.41, 5.74) is 6.40. The van der Waals surface area contributed by atoms with Crippen molar-refractivity contribution >= 4 is 5.96 Å². The summed E-state index contributed by atoms with van der Waals surface area (Å²) in [7, 11) is 0. The molecule has 2 rings (SSSR count). The molecule has 0 amide bonds. The van der Waals surface area contributed by atoms with Crippen LogP contribution in [0.4, 0.5) is 4.39 Å². The molecule has 1 aliphatic rings. The second-order valence-electron chi connectivity index (χ2n) is 3.87. The summed E-state index contributed by atoms with van der Waals surface area (Å²) in [5, 5.41) is 0. The molecule has 0 aromatic heterocycles. The monoisotopic (exact) mass is 237 g/mol. The predicted octanol–water partition coefficient (Wildman–Crippen LogP) is 0.973. The van der Waals surface area contributed by atoms with Gasteiger partial charge in [-0.1, -0.05) is 18.2 Å². The lowest BCUT2D eigenvalue weighted by Gasteiger charge is -2.27. The first-order valence-electron chi connectivity index (χ1n) is 5.63. The molecule has 5 heteroatoms. The predicted molar refractivity (Wildman–Crippen MR) is 64.1 cm³/mol. The number of benzene rings is 1. The molecule has 1 aromatic carbocycles. The summed E-state index contributed by atoms with van der Waals surface area (Å²) >= 11 is 0. The Morgan fingerprint density at radius 2 is 2.06 bits per heavy atom. The number of nitrogens with zero attached hydrogens (tertiary/aromatic N) is 2. The Balaban J connectivity index is 1.97. The van der Waals surface area contributed by atoms with Gasteiger partial charge < -0.3 is 15.4 Å². The van der Waals surface area contributed by atoms with E-state index in [0.29, 0.717) is 24.7 Å². The summed E-state index contributed by atoms with van der Waals surface area (Å²) in [6.45, 7) is 3.08. The maximum Gasteiger partial charge on any atom is 0.191 e. The highest BCUT2D eigenvalue weighted by molar-refractivity contribution is 5.78. The maximum absolute atomic E-state index is 13.3. The van der Waals surface area contributed by atoms with Crippen LogP contribution in [-0.2, 0) is 11.3 Å². The van der Waals surface area contributed by atoms with Crippen molar-refractivity contribution in [2.24, 2.45) is 10.7 Å². The van der Waals surface area contributed by atoms with Gasteiger partial charge in [-0.05, 0) is 6.07 Å².